The van der Waals surface area contributed by atoms with Gasteiger partial charge in [0.05, 0.1) is 16.9 Å². The van der Waals surface area contributed by atoms with E-state index < -0.39 is 0 Å². The lowest BCUT2D eigenvalue weighted by Crippen LogP contribution is -2.29. The number of rotatable bonds is 1. The van der Waals surface area contributed by atoms with Crippen LogP contribution in [0, 0.1) is 5.82 Å². The Morgan fingerprint density at radius 2 is 2.24 bits per heavy atom. The SMILES string of the molecule is NC1CCCC(n2cc3c(F)cccc3n2)C1. The molecule has 1 saturated carbocycles. The molecular weight excluding hydrogens is 217 g/mol. The minimum Gasteiger partial charge on any atom is -0.328 e. The Kier molecular flexibility index (Phi) is 2.59. The Labute approximate surface area is 99.4 Å². The molecule has 2 unspecified atom stereocenters. The Hall–Kier alpha value is -1.42. The van der Waals surface area contributed by atoms with Crippen LogP contribution in [0.1, 0.15) is 31.7 Å². The molecule has 2 atom stereocenters. The van der Waals surface area contributed by atoms with Gasteiger partial charge in [0, 0.05) is 12.2 Å². The first-order chi connectivity index (χ1) is 8.24. The van der Waals surface area contributed by atoms with Crippen molar-refractivity contribution in [3.8, 4) is 0 Å². The van der Waals surface area contributed by atoms with Crippen molar-refractivity contribution in [2.24, 2.45) is 5.73 Å². The van der Waals surface area contributed by atoms with Gasteiger partial charge in [0.25, 0.3) is 0 Å². The van der Waals surface area contributed by atoms with Crippen LogP contribution in [0.2, 0.25) is 0 Å². The van der Waals surface area contributed by atoms with E-state index >= 15 is 0 Å². The van der Waals surface area contributed by atoms with Crippen LogP contribution in [0.4, 0.5) is 4.39 Å². The van der Waals surface area contributed by atoms with Crippen LogP contribution in [0.3, 0.4) is 0 Å². The molecule has 3 rings (SSSR count). The first-order valence-electron chi connectivity index (χ1n) is 6.13. The number of halogens is 1. The van der Waals surface area contributed by atoms with Gasteiger partial charge in [-0.25, -0.2) is 4.39 Å². The van der Waals surface area contributed by atoms with Crippen molar-refractivity contribution < 1.29 is 4.39 Å². The zero-order chi connectivity index (χ0) is 11.8. The van der Waals surface area contributed by atoms with Gasteiger partial charge < -0.3 is 5.73 Å². The summed E-state index contributed by atoms with van der Waals surface area (Å²) in [5.74, 6) is -0.200. The maximum atomic E-state index is 13.6. The number of hydrogen-bond donors (Lipinski definition) is 1. The molecule has 1 heterocycles. The average molecular weight is 233 g/mol. The fourth-order valence-electron chi connectivity index (χ4n) is 2.65. The molecule has 1 aromatic heterocycles. The van der Waals surface area contributed by atoms with E-state index in [2.05, 4.69) is 5.10 Å². The van der Waals surface area contributed by atoms with Crippen LogP contribution < -0.4 is 5.73 Å². The highest BCUT2D eigenvalue weighted by Crippen LogP contribution is 2.28. The largest absolute Gasteiger partial charge is 0.328 e. The van der Waals surface area contributed by atoms with Crippen LogP contribution in [-0.2, 0) is 0 Å². The monoisotopic (exact) mass is 233 g/mol. The summed E-state index contributed by atoms with van der Waals surface area (Å²) in [5, 5.41) is 5.06. The summed E-state index contributed by atoms with van der Waals surface area (Å²) in [6.07, 6.45) is 6.06. The zero-order valence-corrected chi connectivity index (χ0v) is 9.64. The highest BCUT2D eigenvalue weighted by atomic mass is 19.1. The van der Waals surface area contributed by atoms with E-state index in [0.29, 0.717) is 11.4 Å². The van der Waals surface area contributed by atoms with E-state index in [-0.39, 0.29) is 11.9 Å². The number of nitrogens with two attached hydrogens (primary N) is 1. The summed E-state index contributed by atoms with van der Waals surface area (Å²) in [5.41, 5.74) is 6.70. The van der Waals surface area contributed by atoms with Crippen molar-refractivity contribution in [3.63, 3.8) is 0 Å². The van der Waals surface area contributed by atoms with Crippen LogP contribution in [0.5, 0.6) is 0 Å². The van der Waals surface area contributed by atoms with Crippen molar-refractivity contribution in [1.29, 1.82) is 0 Å². The Morgan fingerprint density at radius 1 is 1.35 bits per heavy atom. The third-order valence-electron chi connectivity index (χ3n) is 3.58. The minimum atomic E-state index is -0.200. The molecule has 0 amide bonds. The van der Waals surface area contributed by atoms with Crippen LogP contribution in [0.15, 0.2) is 24.4 Å². The van der Waals surface area contributed by atoms with E-state index in [4.69, 9.17) is 5.73 Å². The maximum absolute atomic E-state index is 13.6. The standard InChI is InChI=1S/C13H16FN3/c14-12-5-2-6-13-11(12)8-17(16-13)10-4-1-3-9(15)7-10/h2,5-6,8-10H,1,3-4,7,15H2. The molecule has 3 nitrogen and oxygen atoms in total. The van der Waals surface area contributed by atoms with Gasteiger partial charge >= 0.3 is 0 Å². The first-order valence-corrected chi connectivity index (χ1v) is 6.13. The third-order valence-corrected chi connectivity index (χ3v) is 3.58. The number of hydrogen-bond acceptors (Lipinski definition) is 2. The Balaban J connectivity index is 1.97. The molecule has 0 aliphatic heterocycles. The quantitative estimate of drug-likeness (QED) is 0.822. The lowest BCUT2D eigenvalue weighted by molar-refractivity contribution is 0.302. The third kappa shape index (κ3) is 1.93. The van der Waals surface area contributed by atoms with E-state index in [1.54, 1.807) is 6.07 Å². The molecule has 2 aromatic rings. The van der Waals surface area contributed by atoms with Gasteiger partial charge in [-0.2, -0.15) is 5.10 Å². The molecule has 1 fully saturated rings. The van der Waals surface area contributed by atoms with Crippen molar-refractivity contribution >= 4 is 10.9 Å². The predicted molar refractivity (Wildman–Crippen MR) is 65.2 cm³/mol. The second kappa shape index (κ2) is 4.11. The molecule has 0 bridgehead atoms. The van der Waals surface area contributed by atoms with Crippen molar-refractivity contribution in [2.75, 3.05) is 0 Å². The second-order valence-electron chi connectivity index (χ2n) is 4.86. The molecule has 90 valence electrons. The molecule has 1 aliphatic rings. The molecule has 2 N–H and O–H groups in total. The van der Waals surface area contributed by atoms with E-state index in [0.717, 1.165) is 31.2 Å². The normalized spacial score (nSPS) is 25.3. The van der Waals surface area contributed by atoms with E-state index in [1.807, 2.05) is 16.9 Å². The molecular formula is C13H16FN3. The summed E-state index contributed by atoms with van der Waals surface area (Å²) < 4.78 is 15.5. The number of fused-ring (bicyclic) bond motifs is 1. The smallest absolute Gasteiger partial charge is 0.134 e. The summed E-state index contributed by atoms with van der Waals surface area (Å²) in [6, 6.07) is 5.59. The Bertz CT molecular complexity index is 534. The van der Waals surface area contributed by atoms with Gasteiger partial charge in [0.2, 0.25) is 0 Å². The van der Waals surface area contributed by atoms with Crippen molar-refractivity contribution in [3.05, 3.63) is 30.2 Å². The molecule has 17 heavy (non-hydrogen) atoms. The van der Waals surface area contributed by atoms with E-state index in [9.17, 15) is 4.39 Å². The van der Waals surface area contributed by atoms with Gasteiger partial charge in [-0.3, -0.25) is 4.68 Å². The highest BCUT2D eigenvalue weighted by molar-refractivity contribution is 5.78. The predicted octanol–water partition coefficient (Wildman–Crippen LogP) is 2.62. The maximum Gasteiger partial charge on any atom is 0.134 e. The molecule has 1 aliphatic carbocycles. The summed E-state index contributed by atoms with van der Waals surface area (Å²) in [4.78, 5) is 0. The molecule has 0 radical (unpaired) electrons. The zero-order valence-electron chi connectivity index (χ0n) is 9.64. The van der Waals surface area contributed by atoms with Crippen molar-refractivity contribution in [1.82, 2.24) is 9.78 Å². The summed E-state index contributed by atoms with van der Waals surface area (Å²) >= 11 is 0. The van der Waals surface area contributed by atoms with Crippen LogP contribution in [0.25, 0.3) is 10.9 Å². The number of benzene rings is 1. The lowest BCUT2D eigenvalue weighted by Gasteiger charge is -2.26. The van der Waals surface area contributed by atoms with Crippen molar-refractivity contribution in [2.45, 2.75) is 37.8 Å². The highest BCUT2D eigenvalue weighted by Gasteiger charge is 2.21. The first kappa shape index (κ1) is 10.7. The van der Waals surface area contributed by atoms with Gasteiger partial charge in [-0.15, -0.1) is 0 Å². The van der Waals surface area contributed by atoms with Gasteiger partial charge in [-0.1, -0.05) is 6.07 Å². The van der Waals surface area contributed by atoms with Crippen LogP contribution in [-0.4, -0.2) is 15.8 Å². The summed E-state index contributed by atoms with van der Waals surface area (Å²) in [6.45, 7) is 0. The number of nitrogens with zero attached hydrogens (tertiary/aromatic N) is 2. The second-order valence-corrected chi connectivity index (χ2v) is 4.86. The lowest BCUT2D eigenvalue weighted by atomic mass is 9.92. The fraction of sp³-hybridized carbons (Fsp3) is 0.462. The topological polar surface area (TPSA) is 43.8 Å². The van der Waals surface area contributed by atoms with E-state index in [1.165, 1.54) is 6.07 Å². The molecule has 0 saturated heterocycles. The van der Waals surface area contributed by atoms with Gasteiger partial charge in [0.15, 0.2) is 0 Å². The minimum absolute atomic E-state index is 0.200. The van der Waals surface area contributed by atoms with Crippen LogP contribution >= 0.6 is 0 Å². The fourth-order valence-corrected chi connectivity index (χ4v) is 2.65. The molecule has 1 aromatic carbocycles. The average Bonchev–Trinajstić information content (AvgIpc) is 2.74. The number of aromatic nitrogens is 2. The van der Waals surface area contributed by atoms with Gasteiger partial charge in [-0.05, 0) is 37.8 Å². The molecule has 4 heteroatoms. The van der Waals surface area contributed by atoms with Gasteiger partial charge in [0.1, 0.15) is 5.82 Å². The molecule has 0 spiro atoms. The summed E-state index contributed by atoms with van der Waals surface area (Å²) in [7, 11) is 0. The Morgan fingerprint density at radius 3 is 3.00 bits per heavy atom.